The summed E-state index contributed by atoms with van der Waals surface area (Å²) in [6.07, 6.45) is 0.766. The number of phenolic OH excluding ortho intramolecular Hbond substituents is 4. The summed E-state index contributed by atoms with van der Waals surface area (Å²) in [6, 6.07) is 7.10. The molecular weight excluding hydrogens is 600 g/mol. The van der Waals surface area contributed by atoms with Crippen molar-refractivity contribution < 1.29 is 49.8 Å². The van der Waals surface area contributed by atoms with Crippen LogP contribution in [0.25, 0.3) is 0 Å². The summed E-state index contributed by atoms with van der Waals surface area (Å²) < 4.78 is 0. The molecule has 2 heterocycles. The maximum atomic E-state index is 12.8. The molecule has 1 unspecified atom stereocenters. The first-order valence-corrected chi connectivity index (χ1v) is 15.1. The molecule has 2 aliphatic heterocycles. The second kappa shape index (κ2) is 14.5. The van der Waals surface area contributed by atoms with Gasteiger partial charge < -0.3 is 46.2 Å². The highest BCUT2D eigenvalue weighted by Crippen LogP contribution is 2.47. The molecule has 2 aromatic rings. The predicted octanol–water partition coefficient (Wildman–Crippen LogP) is 1.34. The summed E-state index contributed by atoms with van der Waals surface area (Å²) in [5, 5.41) is 64.0. The van der Waals surface area contributed by atoms with Crippen molar-refractivity contribution in [3.63, 3.8) is 0 Å². The van der Waals surface area contributed by atoms with E-state index in [1.54, 1.807) is 0 Å². The van der Waals surface area contributed by atoms with Gasteiger partial charge in [-0.3, -0.25) is 19.3 Å². The minimum Gasteiger partial charge on any atom is -0.504 e. The number of rotatable bonds is 15. The number of fused-ring (bicyclic) bond motifs is 1. The Morgan fingerprint density at radius 3 is 1.87 bits per heavy atom. The second-order valence-electron chi connectivity index (χ2n) is 11.7. The van der Waals surface area contributed by atoms with Crippen LogP contribution in [0.1, 0.15) is 53.8 Å². The molecule has 14 heteroatoms. The predicted molar refractivity (Wildman–Crippen MR) is 164 cm³/mol. The fourth-order valence-corrected chi connectivity index (χ4v) is 6.06. The monoisotopic (exact) mass is 640 g/mol. The highest BCUT2D eigenvalue weighted by molar-refractivity contribution is 6.00. The largest absolute Gasteiger partial charge is 0.504 e. The van der Waals surface area contributed by atoms with Crippen LogP contribution < -0.4 is 10.6 Å². The number of benzene rings is 2. The van der Waals surface area contributed by atoms with Crippen molar-refractivity contribution in [3.05, 3.63) is 58.8 Å². The maximum absolute atomic E-state index is 12.8. The quantitative estimate of drug-likeness (QED) is 0.0788. The molecule has 4 rings (SSSR count). The van der Waals surface area contributed by atoms with Crippen molar-refractivity contribution in [1.29, 1.82) is 0 Å². The Morgan fingerprint density at radius 2 is 1.37 bits per heavy atom. The fraction of sp³-hybridized carbons (Fsp3) is 0.438. The van der Waals surface area contributed by atoms with Gasteiger partial charge in [0, 0.05) is 43.2 Å². The van der Waals surface area contributed by atoms with Gasteiger partial charge >= 0.3 is 5.97 Å². The molecule has 46 heavy (non-hydrogen) atoms. The Balaban J connectivity index is 1.38. The van der Waals surface area contributed by atoms with E-state index < -0.39 is 53.3 Å². The molecule has 0 bridgehead atoms. The van der Waals surface area contributed by atoms with E-state index in [1.165, 1.54) is 42.2 Å². The van der Waals surface area contributed by atoms with E-state index >= 15 is 0 Å². The zero-order chi connectivity index (χ0) is 33.7. The highest BCUT2D eigenvalue weighted by atomic mass is 16.4. The summed E-state index contributed by atoms with van der Waals surface area (Å²) in [7, 11) is 0. The number of nitrogens with zero attached hydrogens (tertiary/aromatic N) is 2. The third-order valence-electron chi connectivity index (χ3n) is 8.51. The molecule has 0 aliphatic carbocycles. The Labute approximate surface area is 265 Å². The average Bonchev–Trinajstić information content (AvgIpc) is 3.24. The summed E-state index contributed by atoms with van der Waals surface area (Å²) in [6.45, 7) is 5.18. The number of carbonyl (C=O) groups is 4. The van der Waals surface area contributed by atoms with Gasteiger partial charge in [-0.1, -0.05) is 6.92 Å². The number of aliphatic hydroxyl groups is 1. The molecule has 3 amide bonds. The molecule has 14 nitrogen and oxygen atoms in total. The number of aliphatic hydroxyl groups excluding tert-OH is 1. The lowest BCUT2D eigenvalue weighted by molar-refractivity contribution is -0.163. The van der Waals surface area contributed by atoms with Crippen LogP contribution in [0.15, 0.2) is 47.7 Å². The molecule has 4 atom stereocenters. The number of unbranched alkanes of at least 4 members (excludes halogenated alkanes) is 1. The number of carbonyl (C=O) groups excluding carboxylic acids is 3. The van der Waals surface area contributed by atoms with Crippen LogP contribution in [0, 0.1) is 11.8 Å². The van der Waals surface area contributed by atoms with Crippen molar-refractivity contribution in [2.24, 2.45) is 11.8 Å². The molecular formula is C32H40N4O10. The maximum Gasteiger partial charge on any atom is 0.352 e. The minimum absolute atomic E-state index is 0.0609. The van der Waals surface area contributed by atoms with Crippen molar-refractivity contribution in [2.45, 2.75) is 45.3 Å². The molecule has 1 saturated heterocycles. The van der Waals surface area contributed by atoms with E-state index in [2.05, 4.69) is 10.6 Å². The van der Waals surface area contributed by atoms with Crippen LogP contribution in [-0.2, 0) is 9.59 Å². The van der Waals surface area contributed by atoms with Crippen LogP contribution in [0.4, 0.5) is 0 Å². The molecule has 0 aromatic heterocycles. The molecule has 1 fully saturated rings. The first-order valence-electron chi connectivity index (χ1n) is 15.1. The minimum atomic E-state index is -1.21. The zero-order valence-corrected chi connectivity index (χ0v) is 25.6. The van der Waals surface area contributed by atoms with Crippen molar-refractivity contribution >= 4 is 23.7 Å². The van der Waals surface area contributed by atoms with E-state index in [0.29, 0.717) is 44.5 Å². The zero-order valence-electron chi connectivity index (χ0n) is 25.6. The van der Waals surface area contributed by atoms with Gasteiger partial charge in [0.15, 0.2) is 23.0 Å². The van der Waals surface area contributed by atoms with Crippen LogP contribution in [0.2, 0.25) is 0 Å². The SMILES string of the molecule is C[C@H]1C(CN(CCCCNC(=O)c2ccc(O)c(O)c2)CCCNC(=O)c2ccc(O)c(O)c2)=C(C(=O)O)N2C(=O)[C@H]([C@@H](C)O)C12. The molecule has 2 aromatic carbocycles. The lowest BCUT2D eigenvalue weighted by Crippen LogP contribution is -2.63. The molecule has 0 spiro atoms. The Morgan fingerprint density at radius 1 is 0.848 bits per heavy atom. The molecule has 248 valence electrons. The highest BCUT2D eigenvalue weighted by Gasteiger charge is 2.59. The van der Waals surface area contributed by atoms with Crippen molar-refractivity contribution in [2.75, 3.05) is 32.7 Å². The number of carboxylic acid groups (broad SMARTS) is 1. The molecule has 8 N–H and O–H groups in total. The van der Waals surface area contributed by atoms with Gasteiger partial charge in [-0.2, -0.15) is 0 Å². The van der Waals surface area contributed by atoms with Crippen LogP contribution in [0.5, 0.6) is 23.0 Å². The van der Waals surface area contributed by atoms with Crippen molar-refractivity contribution in [1.82, 2.24) is 20.4 Å². The lowest BCUT2D eigenvalue weighted by atomic mass is 9.77. The number of hydrogen-bond acceptors (Lipinski definition) is 10. The third-order valence-corrected chi connectivity index (χ3v) is 8.51. The third kappa shape index (κ3) is 7.35. The Bertz CT molecular complexity index is 1520. The smallest absolute Gasteiger partial charge is 0.352 e. The number of aromatic hydroxyl groups is 4. The molecule has 0 saturated carbocycles. The average molecular weight is 641 g/mol. The molecule has 0 radical (unpaired) electrons. The number of aliphatic carboxylic acids is 1. The van der Waals surface area contributed by atoms with Gasteiger partial charge in [-0.25, -0.2) is 4.79 Å². The number of nitrogens with one attached hydrogen (secondary N) is 2. The normalized spacial score (nSPS) is 19.5. The van der Waals surface area contributed by atoms with Gasteiger partial charge in [-0.15, -0.1) is 0 Å². The number of hydrogen-bond donors (Lipinski definition) is 8. The van der Waals surface area contributed by atoms with E-state index in [4.69, 9.17) is 0 Å². The topological polar surface area (TPSA) is 220 Å². The standard InChI is InChI=1S/C32H40N4O10/c1-17-21(28(32(45)46)36-27(17)26(18(2)37)31(36)44)16-35(13-5-11-34-30(43)20-7-9-23(39)25(41)15-20)12-4-3-10-33-29(42)19-6-8-22(38)24(40)14-19/h6-9,14-15,17-18,26-27,37-41H,3-5,10-13,16H2,1-2H3,(H,33,42)(H,34,43)(H,45,46)/t17-,18+,26+,27?/m0/s1. The first-order chi connectivity index (χ1) is 21.8. The number of β-lactam (4-membered cyclic amide) rings is 1. The first kappa shape index (κ1) is 34.1. The van der Waals surface area contributed by atoms with E-state index in [9.17, 15) is 49.8 Å². The van der Waals surface area contributed by atoms with Crippen LogP contribution >= 0.6 is 0 Å². The van der Waals surface area contributed by atoms with Gasteiger partial charge in [0.05, 0.1) is 18.1 Å². The van der Waals surface area contributed by atoms with Crippen molar-refractivity contribution in [3.8, 4) is 23.0 Å². The van der Waals surface area contributed by atoms with Gasteiger partial charge in [0.25, 0.3) is 11.8 Å². The van der Waals surface area contributed by atoms with E-state index in [1.807, 2.05) is 11.8 Å². The number of phenols is 4. The van der Waals surface area contributed by atoms with E-state index in [0.717, 1.165) is 6.07 Å². The van der Waals surface area contributed by atoms with Crippen LogP contribution in [-0.4, -0.2) is 109 Å². The second-order valence-corrected chi connectivity index (χ2v) is 11.7. The van der Waals surface area contributed by atoms with Gasteiger partial charge in [0.1, 0.15) is 5.70 Å². The summed E-state index contributed by atoms with van der Waals surface area (Å²) in [5.41, 5.74) is 0.890. The summed E-state index contributed by atoms with van der Waals surface area (Å²) in [5.74, 6) is -4.93. The van der Waals surface area contributed by atoms with E-state index in [-0.39, 0.29) is 47.3 Å². The Hall–Kier alpha value is -4.82. The summed E-state index contributed by atoms with van der Waals surface area (Å²) in [4.78, 5) is 53.3. The number of carboxylic acids is 1. The Kier molecular flexibility index (Phi) is 10.7. The van der Waals surface area contributed by atoms with Crippen LogP contribution in [0.3, 0.4) is 0 Å². The van der Waals surface area contributed by atoms with Gasteiger partial charge in [0.2, 0.25) is 5.91 Å². The number of amides is 3. The molecule has 2 aliphatic rings. The summed E-state index contributed by atoms with van der Waals surface area (Å²) >= 11 is 0. The lowest BCUT2D eigenvalue weighted by Gasteiger charge is -2.46. The fourth-order valence-electron chi connectivity index (χ4n) is 6.06. The van der Waals surface area contributed by atoms with Gasteiger partial charge in [-0.05, 0) is 74.7 Å².